The molecule has 0 spiro atoms. The van der Waals surface area contributed by atoms with E-state index in [4.69, 9.17) is 0 Å². The Labute approximate surface area is 162 Å². The van der Waals surface area contributed by atoms with Crippen LogP contribution in [-0.4, -0.2) is 51.8 Å². The van der Waals surface area contributed by atoms with Crippen molar-refractivity contribution in [1.82, 2.24) is 25.0 Å². The molecule has 1 saturated heterocycles. The number of rotatable bonds is 7. The van der Waals surface area contributed by atoms with Gasteiger partial charge in [-0.05, 0) is 49.9 Å². The van der Waals surface area contributed by atoms with E-state index in [9.17, 15) is 4.79 Å². The quantitative estimate of drug-likeness (QED) is 0.814. The van der Waals surface area contributed by atoms with Gasteiger partial charge in [-0.3, -0.25) is 4.79 Å². The second kappa shape index (κ2) is 9.13. The van der Waals surface area contributed by atoms with Gasteiger partial charge in [0.2, 0.25) is 0 Å². The van der Waals surface area contributed by atoms with Crippen LogP contribution in [0.1, 0.15) is 62.0 Å². The number of hydrogen-bond donors (Lipinski definition) is 1. The minimum Gasteiger partial charge on any atom is -0.352 e. The highest BCUT2D eigenvalue weighted by Gasteiger charge is 2.22. The first-order valence-corrected chi connectivity index (χ1v) is 10.1. The van der Waals surface area contributed by atoms with Crippen molar-refractivity contribution in [3.8, 4) is 5.82 Å². The highest BCUT2D eigenvalue weighted by atomic mass is 16.1. The van der Waals surface area contributed by atoms with Crippen molar-refractivity contribution in [2.24, 2.45) is 5.92 Å². The molecule has 0 radical (unpaired) electrons. The van der Waals surface area contributed by atoms with Crippen LogP contribution < -0.4 is 5.32 Å². The fraction of sp³-hybridized carbons (Fsp3) is 0.571. The van der Waals surface area contributed by atoms with Gasteiger partial charge in [0.05, 0.1) is 17.5 Å². The molecular formula is C21H31N5O. The summed E-state index contributed by atoms with van der Waals surface area (Å²) >= 11 is 0. The lowest BCUT2D eigenvalue weighted by Gasteiger charge is -2.29. The molecule has 2 aromatic rings. The first kappa shape index (κ1) is 19.5. The van der Waals surface area contributed by atoms with Gasteiger partial charge < -0.3 is 10.2 Å². The highest BCUT2D eigenvalue weighted by Crippen LogP contribution is 2.22. The van der Waals surface area contributed by atoms with Crippen molar-refractivity contribution >= 4 is 5.91 Å². The number of likely N-dealkylation sites (tertiary alicyclic amines) is 1. The van der Waals surface area contributed by atoms with Crippen LogP contribution in [0.4, 0.5) is 0 Å². The number of hydrogen-bond acceptors (Lipinski definition) is 4. The van der Waals surface area contributed by atoms with Crippen LogP contribution in [0.25, 0.3) is 5.82 Å². The minimum absolute atomic E-state index is 0.0497. The lowest BCUT2D eigenvalue weighted by molar-refractivity contribution is 0.0941. The molecule has 3 rings (SSSR count). The molecule has 0 aliphatic carbocycles. The monoisotopic (exact) mass is 369 g/mol. The Bertz CT molecular complexity index is 734. The largest absolute Gasteiger partial charge is 0.352 e. The first-order valence-electron chi connectivity index (χ1n) is 10.1. The van der Waals surface area contributed by atoms with Gasteiger partial charge >= 0.3 is 0 Å². The summed E-state index contributed by atoms with van der Waals surface area (Å²) in [4.78, 5) is 19.7. The minimum atomic E-state index is -0.0497. The zero-order chi connectivity index (χ0) is 19.2. The van der Waals surface area contributed by atoms with Gasteiger partial charge in [0.15, 0.2) is 5.82 Å². The number of piperidine rings is 1. The van der Waals surface area contributed by atoms with Gasteiger partial charge in [-0.2, -0.15) is 5.10 Å². The van der Waals surface area contributed by atoms with Gasteiger partial charge in [0, 0.05) is 19.3 Å². The topological polar surface area (TPSA) is 63.1 Å². The van der Waals surface area contributed by atoms with E-state index < -0.39 is 0 Å². The summed E-state index contributed by atoms with van der Waals surface area (Å²) in [6.07, 6.45) is 7.34. The van der Waals surface area contributed by atoms with Gasteiger partial charge in [-0.15, -0.1) is 0 Å². The molecule has 146 valence electrons. The number of carbonyl (C=O) groups excluding carboxylic acids is 1. The van der Waals surface area contributed by atoms with E-state index in [1.54, 1.807) is 17.1 Å². The third-order valence-corrected chi connectivity index (χ3v) is 5.09. The van der Waals surface area contributed by atoms with E-state index in [1.807, 2.05) is 18.2 Å². The zero-order valence-electron chi connectivity index (χ0n) is 16.7. The Morgan fingerprint density at radius 2 is 1.96 bits per heavy atom. The lowest BCUT2D eigenvalue weighted by Crippen LogP contribution is -2.38. The predicted molar refractivity (Wildman–Crippen MR) is 107 cm³/mol. The normalized spacial score (nSPS) is 16.4. The third-order valence-electron chi connectivity index (χ3n) is 5.09. The van der Waals surface area contributed by atoms with Gasteiger partial charge in [-0.1, -0.05) is 33.3 Å². The molecule has 1 N–H and O–H groups in total. The number of nitrogens with one attached hydrogen (secondary N) is 1. The number of nitrogens with zero attached hydrogens (tertiary/aromatic N) is 4. The zero-order valence-corrected chi connectivity index (χ0v) is 16.7. The average Bonchev–Trinajstić information content (AvgIpc) is 3.13. The maximum absolute atomic E-state index is 12.8. The Kier molecular flexibility index (Phi) is 6.61. The van der Waals surface area contributed by atoms with Gasteiger partial charge in [0.25, 0.3) is 5.91 Å². The SMILES string of the molecule is CC(CNC(=O)c1cnn(-c2ccccn2)c1C(C)C)CN1CCCCC1. The fourth-order valence-corrected chi connectivity index (χ4v) is 3.76. The fourth-order valence-electron chi connectivity index (χ4n) is 3.76. The lowest BCUT2D eigenvalue weighted by atomic mass is 10.0. The Morgan fingerprint density at radius 3 is 2.63 bits per heavy atom. The third kappa shape index (κ3) is 4.95. The molecule has 1 aliphatic heterocycles. The van der Waals surface area contributed by atoms with E-state index in [-0.39, 0.29) is 11.8 Å². The first-order chi connectivity index (χ1) is 13.1. The molecule has 27 heavy (non-hydrogen) atoms. The molecule has 0 bridgehead atoms. The molecule has 6 nitrogen and oxygen atoms in total. The van der Waals surface area contributed by atoms with Crippen LogP contribution in [0.15, 0.2) is 30.6 Å². The molecule has 1 amide bonds. The number of carbonyl (C=O) groups is 1. The van der Waals surface area contributed by atoms with Crippen LogP contribution in [0.3, 0.4) is 0 Å². The molecule has 2 aromatic heterocycles. The summed E-state index contributed by atoms with van der Waals surface area (Å²) in [6, 6.07) is 5.71. The summed E-state index contributed by atoms with van der Waals surface area (Å²) in [5.41, 5.74) is 1.54. The molecule has 0 aromatic carbocycles. The number of pyridine rings is 1. The molecule has 1 fully saturated rings. The smallest absolute Gasteiger partial charge is 0.254 e. The van der Waals surface area contributed by atoms with E-state index in [1.165, 1.54) is 32.4 Å². The molecule has 1 atom stereocenters. The van der Waals surface area contributed by atoms with Crippen LogP contribution >= 0.6 is 0 Å². The van der Waals surface area contributed by atoms with Crippen molar-refractivity contribution in [1.29, 1.82) is 0 Å². The molecular weight excluding hydrogens is 338 g/mol. The van der Waals surface area contributed by atoms with E-state index >= 15 is 0 Å². The van der Waals surface area contributed by atoms with Crippen LogP contribution in [0.5, 0.6) is 0 Å². The highest BCUT2D eigenvalue weighted by molar-refractivity contribution is 5.95. The molecule has 3 heterocycles. The average molecular weight is 370 g/mol. The Morgan fingerprint density at radius 1 is 1.19 bits per heavy atom. The van der Waals surface area contributed by atoms with Crippen LogP contribution in [0.2, 0.25) is 0 Å². The Hall–Kier alpha value is -2.21. The summed E-state index contributed by atoms with van der Waals surface area (Å²) in [7, 11) is 0. The van der Waals surface area contributed by atoms with Crippen molar-refractivity contribution in [2.45, 2.75) is 46.0 Å². The van der Waals surface area contributed by atoms with Crippen LogP contribution in [0, 0.1) is 5.92 Å². The van der Waals surface area contributed by atoms with Crippen molar-refractivity contribution in [3.05, 3.63) is 41.9 Å². The maximum atomic E-state index is 12.8. The standard InChI is InChI=1S/C21H31N5O/c1-16(2)20-18(14-24-26(20)19-9-5-6-10-22-19)21(27)23-13-17(3)15-25-11-7-4-8-12-25/h5-6,9-10,14,16-17H,4,7-8,11-13,15H2,1-3H3,(H,23,27). The Balaban J connectivity index is 1.65. The summed E-state index contributed by atoms with van der Waals surface area (Å²) in [5.74, 6) is 1.28. The van der Waals surface area contributed by atoms with E-state index in [0.29, 0.717) is 18.0 Å². The van der Waals surface area contributed by atoms with Crippen molar-refractivity contribution in [3.63, 3.8) is 0 Å². The molecule has 1 aliphatic rings. The van der Waals surface area contributed by atoms with E-state index in [0.717, 1.165) is 18.1 Å². The van der Waals surface area contributed by atoms with Gasteiger partial charge in [-0.25, -0.2) is 9.67 Å². The maximum Gasteiger partial charge on any atom is 0.254 e. The summed E-state index contributed by atoms with van der Waals surface area (Å²) < 4.78 is 1.77. The van der Waals surface area contributed by atoms with E-state index in [2.05, 4.69) is 41.1 Å². The number of amides is 1. The van der Waals surface area contributed by atoms with Crippen LogP contribution in [-0.2, 0) is 0 Å². The molecule has 1 unspecified atom stereocenters. The molecule has 6 heteroatoms. The van der Waals surface area contributed by atoms with Crippen molar-refractivity contribution in [2.75, 3.05) is 26.2 Å². The second-order valence-electron chi connectivity index (χ2n) is 7.87. The number of aromatic nitrogens is 3. The molecule has 0 saturated carbocycles. The summed E-state index contributed by atoms with van der Waals surface area (Å²) in [5, 5.41) is 7.54. The summed E-state index contributed by atoms with van der Waals surface area (Å²) in [6.45, 7) is 10.5. The van der Waals surface area contributed by atoms with Gasteiger partial charge in [0.1, 0.15) is 0 Å². The predicted octanol–water partition coefficient (Wildman–Crippen LogP) is 3.24. The second-order valence-corrected chi connectivity index (χ2v) is 7.87. The van der Waals surface area contributed by atoms with Crippen molar-refractivity contribution < 1.29 is 4.79 Å².